The van der Waals surface area contributed by atoms with Crippen molar-refractivity contribution in [2.24, 2.45) is 0 Å². The molecule has 0 aliphatic heterocycles. The van der Waals surface area contributed by atoms with Crippen molar-refractivity contribution in [1.82, 2.24) is 14.8 Å². The Morgan fingerprint density at radius 3 is 2.67 bits per heavy atom. The van der Waals surface area contributed by atoms with Crippen LogP contribution in [0.15, 0.2) is 24.3 Å². The van der Waals surface area contributed by atoms with Crippen LogP contribution in [0.2, 0.25) is 5.28 Å². The van der Waals surface area contributed by atoms with E-state index in [9.17, 15) is 4.39 Å². The number of rotatable bonds is 4. The Kier molecular flexibility index (Phi) is 3.97. The Hall–Kier alpha value is -1.42. The molecule has 0 spiro atoms. The summed E-state index contributed by atoms with van der Waals surface area (Å²) in [5, 5.41) is 8.25. The normalized spacial score (nSPS) is 11.2. The van der Waals surface area contributed by atoms with Crippen molar-refractivity contribution in [2.75, 3.05) is 0 Å². The first-order chi connectivity index (χ1) is 8.59. The molecule has 0 N–H and O–H groups in total. The number of hydrogen-bond acceptors (Lipinski definition) is 2. The van der Waals surface area contributed by atoms with E-state index < -0.39 is 0 Å². The molecule has 0 saturated heterocycles. The minimum atomic E-state index is -0.187. The standard InChI is InChI=1S/C13H15ClFN3/c1-9(2)12-16-17-13(14)18(12)8-7-10-5-3-4-6-11(10)15/h3-6,9H,7-8H2,1-2H3. The molecule has 0 amide bonds. The van der Waals surface area contributed by atoms with Crippen molar-refractivity contribution in [3.05, 3.63) is 46.8 Å². The van der Waals surface area contributed by atoms with Gasteiger partial charge >= 0.3 is 0 Å². The lowest BCUT2D eigenvalue weighted by Gasteiger charge is -2.10. The van der Waals surface area contributed by atoms with Gasteiger partial charge in [-0.25, -0.2) is 4.39 Å². The van der Waals surface area contributed by atoms with Crippen LogP contribution in [0, 0.1) is 5.82 Å². The predicted octanol–water partition coefficient (Wildman–Crippen LogP) is 3.44. The number of benzene rings is 1. The number of aromatic nitrogens is 3. The molecule has 5 heteroatoms. The van der Waals surface area contributed by atoms with Gasteiger partial charge in [0.1, 0.15) is 11.6 Å². The second kappa shape index (κ2) is 5.48. The zero-order chi connectivity index (χ0) is 13.1. The third kappa shape index (κ3) is 2.70. The molecule has 0 aliphatic carbocycles. The summed E-state index contributed by atoms with van der Waals surface area (Å²) in [6.45, 7) is 4.64. The average Bonchev–Trinajstić information content (AvgIpc) is 2.70. The summed E-state index contributed by atoms with van der Waals surface area (Å²) in [5.74, 6) is 0.884. The van der Waals surface area contributed by atoms with Crippen molar-refractivity contribution in [2.45, 2.75) is 32.7 Å². The van der Waals surface area contributed by atoms with Gasteiger partial charge < -0.3 is 4.57 Å². The number of halogens is 2. The maximum Gasteiger partial charge on any atom is 0.225 e. The van der Waals surface area contributed by atoms with Gasteiger partial charge in [0.05, 0.1) is 0 Å². The third-order valence-electron chi connectivity index (χ3n) is 2.81. The van der Waals surface area contributed by atoms with Gasteiger partial charge in [-0.15, -0.1) is 10.2 Å². The summed E-state index contributed by atoms with van der Waals surface area (Å²) in [6, 6.07) is 6.76. The molecule has 0 atom stereocenters. The molecule has 0 unspecified atom stereocenters. The van der Waals surface area contributed by atoms with Crippen molar-refractivity contribution >= 4 is 11.6 Å². The fraction of sp³-hybridized carbons (Fsp3) is 0.385. The molecule has 1 aromatic carbocycles. The molecular weight excluding hydrogens is 253 g/mol. The van der Waals surface area contributed by atoms with E-state index in [-0.39, 0.29) is 11.7 Å². The minimum absolute atomic E-state index is 0.187. The van der Waals surface area contributed by atoms with E-state index in [1.54, 1.807) is 12.1 Å². The van der Waals surface area contributed by atoms with Crippen LogP contribution >= 0.6 is 11.6 Å². The summed E-state index contributed by atoms with van der Waals surface area (Å²) in [7, 11) is 0. The first-order valence-corrected chi connectivity index (χ1v) is 6.29. The van der Waals surface area contributed by atoms with E-state index in [1.165, 1.54) is 6.07 Å². The molecule has 0 saturated carbocycles. The molecule has 18 heavy (non-hydrogen) atoms. The summed E-state index contributed by atoms with van der Waals surface area (Å²) in [4.78, 5) is 0. The predicted molar refractivity (Wildman–Crippen MR) is 69.2 cm³/mol. The fourth-order valence-corrected chi connectivity index (χ4v) is 2.07. The van der Waals surface area contributed by atoms with E-state index in [1.807, 2.05) is 24.5 Å². The molecule has 0 aliphatic rings. The highest BCUT2D eigenvalue weighted by molar-refractivity contribution is 6.28. The summed E-state index contributed by atoms with van der Waals surface area (Å²) >= 11 is 5.99. The lowest BCUT2D eigenvalue weighted by atomic mass is 10.1. The Morgan fingerprint density at radius 2 is 2.00 bits per heavy atom. The molecule has 2 aromatic rings. The zero-order valence-corrected chi connectivity index (χ0v) is 11.2. The van der Waals surface area contributed by atoms with E-state index >= 15 is 0 Å². The number of nitrogens with zero attached hydrogens (tertiary/aromatic N) is 3. The number of aryl methyl sites for hydroxylation is 1. The summed E-state index contributed by atoms with van der Waals surface area (Å²) in [6.07, 6.45) is 0.574. The molecule has 1 aromatic heterocycles. The first-order valence-electron chi connectivity index (χ1n) is 5.91. The molecule has 2 rings (SSSR count). The van der Waals surface area contributed by atoms with Gasteiger partial charge in [0.2, 0.25) is 5.28 Å². The Morgan fingerprint density at radius 1 is 1.28 bits per heavy atom. The van der Waals surface area contributed by atoms with E-state index in [0.717, 1.165) is 5.82 Å². The van der Waals surface area contributed by atoms with Crippen molar-refractivity contribution in [1.29, 1.82) is 0 Å². The Balaban J connectivity index is 2.16. The van der Waals surface area contributed by atoms with Gasteiger partial charge in [-0.3, -0.25) is 0 Å². The van der Waals surface area contributed by atoms with Crippen molar-refractivity contribution in [3.8, 4) is 0 Å². The van der Waals surface area contributed by atoms with Crippen LogP contribution in [-0.2, 0) is 13.0 Å². The van der Waals surface area contributed by atoms with Crippen LogP contribution in [-0.4, -0.2) is 14.8 Å². The fourth-order valence-electron chi connectivity index (χ4n) is 1.86. The first kappa shape index (κ1) is 13.0. The van der Waals surface area contributed by atoms with E-state index in [2.05, 4.69) is 10.2 Å². The van der Waals surface area contributed by atoms with Crippen LogP contribution < -0.4 is 0 Å². The van der Waals surface area contributed by atoms with Crippen LogP contribution in [0.4, 0.5) is 4.39 Å². The van der Waals surface area contributed by atoms with Crippen LogP contribution in [0.25, 0.3) is 0 Å². The zero-order valence-electron chi connectivity index (χ0n) is 10.4. The highest BCUT2D eigenvalue weighted by Crippen LogP contribution is 2.18. The van der Waals surface area contributed by atoms with Crippen molar-refractivity contribution < 1.29 is 4.39 Å². The molecule has 3 nitrogen and oxygen atoms in total. The van der Waals surface area contributed by atoms with Gasteiger partial charge in [0.15, 0.2) is 0 Å². The van der Waals surface area contributed by atoms with E-state index in [4.69, 9.17) is 11.6 Å². The quantitative estimate of drug-likeness (QED) is 0.850. The topological polar surface area (TPSA) is 30.7 Å². The number of hydrogen-bond donors (Lipinski definition) is 0. The van der Waals surface area contributed by atoms with Gasteiger partial charge in [0, 0.05) is 12.5 Å². The van der Waals surface area contributed by atoms with Crippen LogP contribution in [0.3, 0.4) is 0 Å². The van der Waals surface area contributed by atoms with Gasteiger partial charge in [-0.05, 0) is 29.7 Å². The van der Waals surface area contributed by atoms with Gasteiger partial charge in [-0.2, -0.15) is 0 Å². The third-order valence-corrected chi connectivity index (χ3v) is 3.09. The van der Waals surface area contributed by atoms with Gasteiger partial charge in [0.25, 0.3) is 0 Å². The summed E-state index contributed by atoms with van der Waals surface area (Å²) < 4.78 is 15.3. The van der Waals surface area contributed by atoms with Gasteiger partial charge in [-0.1, -0.05) is 32.0 Å². The second-order valence-corrected chi connectivity index (χ2v) is 4.81. The highest BCUT2D eigenvalue weighted by atomic mass is 35.5. The molecular formula is C13H15ClFN3. The highest BCUT2D eigenvalue weighted by Gasteiger charge is 2.13. The van der Waals surface area contributed by atoms with Crippen molar-refractivity contribution in [3.63, 3.8) is 0 Å². The van der Waals surface area contributed by atoms with E-state index in [0.29, 0.717) is 23.8 Å². The molecule has 0 fully saturated rings. The maximum absolute atomic E-state index is 13.5. The largest absolute Gasteiger partial charge is 0.301 e. The smallest absolute Gasteiger partial charge is 0.225 e. The minimum Gasteiger partial charge on any atom is -0.301 e. The molecule has 0 bridgehead atoms. The lowest BCUT2D eigenvalue weighted by Crippen LogP contribution is -2.08. The Labute approximate surface area is 111 Å². The molecule has 1 heterocycles. The average molecular weight is 268 g/mol. The van der Waals surface area contributed by atoms with Crippen LogP contribution in [0.5, 0.6) is 0 Å². The summed E-state index contributed by atoms with van der Waals surface area (Å²) in [5.41, 5.74) is 0.678. The lowest BCUT2D eigenvalue weighted by molar-refractivity contribution is 0.578. The monoisotopic (exact) mass is 267 g/mol. The second-order valence-electron chi connectivity index (χ2n) is 4.47. The molecule has 96 valence electrons. The van der Waals surface area contributed by atoms with Crippen LogP contribution in [0.1, 0.15) is 31.2 Å². The maximum atomic E-state index is 13.5. The molecule has 0 radical (unpaired) electrons. The Bertz CT molecular complexity index is 537. The SMILES string of the molecule is CC(C)c1nnc(Cl)n1CCc1ccccc1F.